The van der Waals surface area contributed by atoms with Crippen molar-refractivity contribution in [2.24, 2.45) is 0 Å². The van der Waals surface area contributed by atoms with Crippen LogP contribution < -0.4 is 0 Å². The zero-order valence-corrected chi connectivity index (χ0v) is 11.8. The van der Waals surface area contributed by atoms with Crippen LogP contribution in [0.2, 0.25) is 16.6 Å². The van der Waals surface area contributed by atoms with E-state index in [1.165, 1.54) is 0 Å². The van der Waals surface area contributed by atoms with Gasteiger partial charge in [-0.2, -0.15) is 0 Å². The Balaban J connectivity index is 5.27. The van der Waals surface area contributed by atoms with Gasteiger partial charge in [-0.3, -0.25) is 0 Å². The highest BCUT2D eigenvalue weighted by Gasteiger charge is 2.46. The maximum Gasteiger partial charge on any atom is 0.138 e. The van der Waals surface area contributed by atoms with Gasteiger partial charge in [0.25, 0.3) is 0 Å². The topological polar surface area (TPSA) is 9.23 Å². The summed E-state index contributed by atoms with van der Waals surface area (Å²) in [6, 6.07) is 0. The number of hydrogen-bond acceptors (Lipinski definition) is 1. The lowest BCUT2D eigenvalue weighted by Crippen LogP contribution is -2.47. The molecule has 0 heterocycles. The standard InChI is InChI=1S/C12H26OSi/c1-9(2)14(10(3)4,11(5)6)12(7)13-8/h9-11H,7H2,1-6,8H3. The van der Waals surface area contributed by atoms with Gasteiger partial charge in [-0.05, 0) is 16.6 Å². The SMILES string of the molecule is C=C(OC)[Si](C(C)C)(C(C)C)C(C)C. The molecule has 0 N–H and O–H groups in total. The van der Waals surface area contributed by atoms with Crippen molar-refractivity contribution in [3.05, 3.63) is 12.0 Å². The molecule has 0 aliphatic rings. The Labute approximate surface area is 90.6 Å². The summed E-state index contributed by atoms with van der Waals surface area (Å²) >= 11 is 0. The number of ether oxygens (including phenoxy) is 1. The molecule has 0 aliphatic heterocycles. The average Bonchev–Trinajstić information content (AvgIpc) is 2.02. The fourth-order valence-corrected chi connectivity index (χ4v) is 9.43. The molecule has 0 aliphatic carbocycles. The second-order valence-electron chi connectivity index (χ2n) is 5.02. The van der Waals surface area contributed by atoms with Gasteiger partial charge < -0.3 is 4.74 Å². The lowest BCUT2D eigenvalue weighted by molar-refractivity contribution is 0.312. The minimum Gasteiger partial charge on any atom is -0.507 e. The summed E-state index contributed by atoms with van der Waals surface area (Å²) < 4.78 is 5.47. The van der Waals surface area contributed by atoms with Crippen molar-refractivity contribution in [1.82, 2.24) is 0 Å². The van der Waals surface area contributed by atoms with Crippen molar-refractivity contribution < 1.29 is 4.74 Å². The molecule has 2 heteroatoms. The van der Waals surface area contributed by atoms with Gasteiger partial charge in [-0.1, -0.05) is 48.1 Å². The first kappa shape index (κ1) is 13.8. The first-order chi connectivity index (χ1) is 6.31. The molecular formula is C12H26OSi. The van der Waals surface area contributed by atoms with E-state index in [4.69, 9.17) is 4.74 Å². The Morgan fingerprint density at radius 2 is 1.21 bits per heavy atom. The summed E-state index contributed by atoms with van der Waals surface area (Å²) in [5.74, 6) is 0. The third-order valence-corrected chi connectivity index (χ3v) is 10.5. The quantitative estimate of drug-likeness (QED) is 0.488. The molecule has 0 spiro atoms. The fourth-order valence-electron chi connectivity index (χ4n) is 3.14. The molecule has 0 aromatic carbocycles. The highest BCUT2D eigenvalue weighted by molar-refractivity contribution is 6.89. The molecule has 0 rings (SSSR count). The summed E-state index contributed by atoms with van der Waals surface area (Å²) in [6.45, 7) is 18.0. The van der Waals surface area contributed by atoms with Gasteiger partial charge in [0.1, 0.15) is 8.07 Å². The second kappa shape index (κ2) is 5.01. The summed E-state index contributed by atoms with van der Waals surface area (Å²) in [5.41, 5.74) is 2.07. The van der Waals surface area contributed by atoms with E-state index in [9.17, 15) is 0 Å². The maximum absolute atomic E-state index is 5.47. The molecule has 0 amide bonds. The molecule has 0 fully saturated rings. The largest absolute Gasteiger partial charge is 0.507 e. The van der Waals surface area contributed by atoms with E-state index in [-0.39, 0.29) is 0 Å². The Morgan fingerprint density at radius 1 is 0.929 bits per heavy atom. The van der Waals surface area contributed by atoms with Crippen molar-refractivity contribution in [3.8, 4) is 0 Å². The Bertz CT molecular complexity index is 173. The van der Waals surface area contributed by atoms with Crippen molar-refractivity contribution >= 4 is 8.07 Å². The van der Waals surface area contributed by atoms with Crippen LogP contribution in [-0.2, 0) is 4.74 Å². The molecule has 1 nitrogen and oxygen atoms in total. The highest BCUT2D eigenvalue weighted by Crippen LogP contribution is 2.45. The molecular weight excluding hydrogens is 188 g/mol. The summed E-state index contributed by atoms with van der Waals surface area (Å²) in [6.07, 6.45) is 0. The van der Waals surface area contributed by atoms with E-state index in [1.54, 1.807) is 7.11 Å². The Hall–Kier alpha value is -0.243. The van der Waals surface area contributed by atoms with Gasteiger partial charge in [0.2, 0.25) is 0 Å². The van der Waals surface area contributed by atoms with E-state index in [1.807, 2.05) is 0 Å². The number of methoxy groups -OCH3 is 1. The minimum absolute atomic E-state index is 0.690. The van der Waals surface area contributed by atoms with Gasteiger partial charge >= 0.3 is 0 Å². The van der Waals surface area contributed by atoms with Crippen LogP contribution >= 0.6 is 0 Å². The summed E-state index contributed by atoms with van der Waals surface area (Å²) in [5, 5.41) is 1.07. The predicted octanol–water partition coefficient (Wildman–Crippen LogP) is 4.36. The van der Waals surface area contributed by atoms with Crippen LogP contribution in [-0.4, -0.2) is 15.2 Å². The monoisotopic (exact) mass is 214 g/mol. The number of hydrogen-bond donors (Lipinski definition) is 0. The first-order valence-electron chi connectivity index (χ1n) is 5.55. The Morgan fingerprint density at radius 3 is 1.29 bits per heavy atom. The third kappa shape index (κ3) is 2.05. The van der Waals surface area contributed by atoms with Gasteiger partial charge in [0.15, 0.2) is 0 Å². The lowest BCUT2D eigenvalue weighted by Gasteiger charge is -2.43. The predicted molar refractivity (Wildman–Crippen MR) is 67.2 cm³/mol. The van der Waals surface area contributed by atoms with Crippen molar-refractivity contribution in [3.63, 3.8) is 0 Å². The van der Waals surface area contributed by atoms with E-state index in [0.717, 1.165) is 5.38 Å². The van der Waals surface area contributed by atoms with Crippen LogP contribution in [0.1, 0.15) is 41.5 Å². The normalized spacial score (nSPS) is 12.7. The van der Waals surface area contributed by atoms with Crippen LogP contribution in [0.3, 0.4) is 0 Å². The molecule has 0 atom stereocenters. The van der Waals surface area contributed by atoms with Crippen LogP contribution in [0.15, 0.2) is 12.0 Å². The zero-order valence-electron chi connectivity index (χ0n) is 10.8. The zero-order chi connectivity index (χ0) is 11.5. The lowest BCUT2D eigenvalue weighted by atomic mass is 10.5. The maximum atomic E-state index is 5.47. The first-order valence-corrected chi connectivity index (χ1v) is 7.78. The third-order valence-electron chi connectivity index (χ3n) is 3.60. The molecule has 0 saturated heterocycles. The van der Waals surface area contributed by atoms with E-state index in [0.29, 0.717) is 16.6 Å². The van der Waals surface area contributed by atoms with Crippen LogP contribution in [0.5, 0.6) is 0 Å². The summed E-state index contributed by atoms with van der Waals surface area (Å²) in [7, 11) is 0.213. The van der Waals surface area contributed by atoms with Crippen LogP contribution in [0.25, 0.3) is 0 Å². The summed E-state index contributed by atoms with van der Waals surface area (Å²) in [4.78, 5) is 0. The van der Waals surface area contributed by atoms with Gasteiger partial charge in [-0.15, -0.1) is 0 Å². The molecule has 0 aromatic heterocycles. The van der Waals surface area contributed by atoms with E-state index in [2.05, 4.69) is 48.1 Å². The van der Waals surface area contributed by atoms with Crippen molar-refractivity contribution in [1.29, 1.82) is 0 Å². The fraction of sp³-hybridized carbons (Fsp3) is 0.833. The number of rotatable bonds is 5. The molecule has 0 saturated carbocycles. The molecule has 0 aromatic rings. The molecule has 14 heavy (non-hydrogen) atoms. The van der Waals surface area contributed by atoms with E-state index >= 15 is 0 Å². The Kier molecular flexibility index (Phi) is 4.92. The average molecular weight is 214 g/mol. The van der Waals surface area contributed by atoms with Gasteiger partial charge in [0, 0.05) is 0 Å². The molecule has 0 unspecified atom stereocenters. The molecule has 84 valence electrons. The van der Waals surface area contributed by atoms with Crippen molar-refractivity contribution in [2.75, 3.05) is 7.11 Å². The van der Waals surface area contributed by atoms with E-state index < -0.39 is 8.07 Å². The van der Waals surface area contributed by atoms with Crippen LogP contribution in [0, 0.1) is 0 Å². The highest BCUT2D eigenvalue weighted by atomic mass is 28.3. The molecule has 0 bridgehead atoms. The second-order valence-corrected chi connectivity index (χ2v) is 10.9. The van der Waals surface area contributed by atoms with Crippen LogP contribution in [0.4, 0.5) is 0 Å². The van der Waals surface area contributed by atoms with Gasteiger partial charge in [-0.25, -0.2) is 0 Å². The van der Waals surface area contributed by atoms with Crippen molar-refractivity contribution in [2.45, 2.75) is 58.2 Å². The van der Waals surface area contributed by atoms with Gasteiger partial charge in [0.05, 0.1) is 12.5 Å². The smallest absolute Gasteiger partial charge is 0.138 e. The minimum atomic E-state index is -1.55. The molecule has 0 radical (unpaired) electrons.